The van der Waals surface area contributed by atoms with Crippen LogP contribution in [0.2, 0.25) is 0 Å². The maximum absolute atomic E-state index is 12.0. The molecular formula is C17H17N3O5. The molecule has 130 valence electrons. The number of carbonyl (C=O) groups excluding carboxylic acids is 2. The van der Waals surface area contributed by atoms with Gasteiger partial charge in [-0.05, 0) is 25.1 Å². The molecule has 3 rings (SSSR count). The average molecular weight is 343 g/mol. The van der Waals surface area contributed by atoms with Crippen LogP contribution in [-0.2, 0) is 20.9 Å². The lowest BCUT2D eigenvalue weighted by molar-refractivity contribution is -0.121. The fraction of sp³-hybridized carbons (Fsp3) is 0.235. The van der Waals surface area contributed by atoms with E-state index in [1.165, 1.54) is 7.11 Å². The molecule has 0 bridgehead atoms. The summed E-state index contributed by atoms with van der Waals surface area (Å²) in [5.41, 5.74) is 2.31. The maximum atomic E-state index is 12.0. The number of aromatic nitrogens is 2. The molecule has 25 heavy (non-hydrogen) atoms. The molecule has 2 aromatic heterocycles. The van der Waals surface area contributed by atoms with E-state index in [0.717, 1.165) is 16.6 Å². The number of benzene rings is 1. The number of rotatable bonds is 6. The van der Waals surface area contributed by atoms with Gasteiger partial charge < -0.3 is 24.3 Å². The van der Waals surface area contributed by atoms with Gasteiger partial charge in [-0.25, -0.2) is 4.79 Å². The molecular weight excluding hydrogens is 326 g/mol. The van der Waals surface area contributed by atoms with Crippen LogP contribution in [0.1, 0.15) is 21.8 Å². The van der Waals surface area contributed by atoms with E-state index >= 15 is 0 Å². The van der Waals surface area contributed by atoms with Crippen molar-refractivity contribution in [2.75, 3.05) is 19.0 Å². The minimum absolute atomic E-state index is 0.150. The molecule has 8 heteroatoms. The summed E-state index contributed by atoms with van der Waals surface area (Å²) in [6.07, 6.45) is 1.71. The molecule has 0 unspecified atom stereocenters. The van der Waals surface area contributed by atoms with Crippen LogP contribution in [0.25, 0.3) is 10.9 Å². The Morgan fingerprint density at radius 2 is 2.16 bits per heavy atom. The summed E-state index contributed by atoms with van der Waals surface area (Å²) in [7, 11) is 1.31. The lowest BCUT2D eigenvalue weighted by Gasteiger charge is -2.08. The number of ether oxygens (including phenoxy) is 2. The summed E-state index contributed by atoms with van der Waals surface area (Å²) in [5, 5.41) is 7.16. The molecule has 3 aromatic rings. The van der Waals surface area contributed by atoms with Crippen molar-refractivity contribution in [3.63, 3.8) is 0 Å². The first-order valence-electron chi connectivity index (χ1n) is 7.56. The molecule has 0 spiro atoms. The number of esters is 1. The van der Waals surface area contributed by atoms with Crippen molar-refractivity contribution in [1.82, 2.24) is 10.1 Å². The monoisotopic (exact) mass is 343 g/mol. The Hall–Kier alpha value is -3.13. The third kappa shape index (κ3) is 3.86. The van der Waals surface area contributed by atoms with Crippen molar-refractivity contribution in [2.45, 2.75) is 13.5 Å². The van der Waals surface area contributed by atoms with E-state index in [4.69, 9.17) is 14.0 Å². The molecule has 0 fully saturated rings. The maximum Gasteiger partial charge on any atom is 0.338 e. The van der Waals surface area contributed by atoms with Gasteiger partial charge in [-0.2, -0.15) is 0 Å². The number of anilines is 1. The van der Waals surface area contributed by atoms with E-state index in [2.05, 4.69) is 15.5 Å². The van der Waals surface area contributed by atoms with Crippen molar-refractivity contribution in [2.24, 2.45) is 0 Å². The second-order valence-electron chi connectivity index (χ2n) is 5.43. The van der Waals surface area contributed by atoms with E-state index in [-0.39, 0.29) is 19.1 Å². The van der Waals surface area contributed by atoms with Gasteiger partial charge in [-0.15, -0.1) is 0 Å². The van der Waals surface area contributed by atoms with Crippen LogP contribution in [0.4, 0.5) is 5.69 Å². The van der Waals surface area contributed by atoms with E-state index in [1.807, 2.05) is 0 Å². The average Bonchev–Trinajstić information content (AvgIpc) is 3.22. The Bertz CT molecular complexity index is 912. The zero-order chi connectivity index (χ0) is 17.8. The predicted octanol–water partition coefficient (Wildman–Crippen LogP) is 2.41. The number of aromatic amines is 1. The molecule has 1 amide bonds. The van der Waals surface area contributed by atoms with Gasteiger partial charge in [0.1, 0.15) is 13.2 Å². The van der Waals surface area contributed by atoms with Gasteiger partial charge in [0.25, 0.3) is 0 Å². The molecule has 0 radical (unpaired) electrons. The highest BCUT2D eigenvalue weighted by Gasteiger charge is 2.14. The summed E-state index contributed by atoms with van der Waals surface area (Å²) < 4.78 is 15.1. The van der Waals surface area contributed by atoms with Crippen molar-refractivity contribution in [1.29, 1.82) is 0 Å². The van der Waals surface area contributed by atoms with Crippen LogP contribution >= 0.6 is 0 Å². The minimum Gasteiger partial charge on any atom is -0.465 e. The van der Waals surface area contributed by atoms with E-state index < -0.39 is 5.97 Å². The molecule has 0 atom stereocenters. The number of H-pyrrole nitrogens is 1. The van der Waals surface area contributed by atoms with Gasteiger partial charge in [0.2, 0.25) is 5.91 Å². The quantitative estimate of drug-likeness (QED) is 0.666. The Kier molecular flexibility index (Phi) is 4.80. The first kappa shape index (κ1) is 16.7. The molecule has 0 saturated carbocycles. The van der Waals surface area contributed by atoms with Gasteiger partial charge in [0.15, 0.2) is 5.76 Å². The smallest absolute Gasteiger partial charge is 0.338 e. The number of carbonyl (C=O) groups is 2. The molecule has 8 nitrogen and oxygen atoms in total. The Balaban J connectivity index is 1.65. The summed E-state index contributed by atoms with van der Waals surface area (Å²) in [6, 6.07) is 6.81. The van der Waals surface area contributed by atoms with E-state index in [1.54, 1.807) is 37.4 Å². The molecule has 0 saturated heterocycles. The second-order valence-corrected chi connectivity index (χ2v) is 5.43. The van der Waals surface area contributed by atoms with Crippen molar-refractivity contribution in [3.05, 3.63) is 47.5 Å². The van der Waals surface area contributed by atoms with Crippen LogP contribution in [0.15, 0.2) is 35.0 Å². The highest BCUT2D eigenvalue weighted by Crippen LogP contribution is 2.24. The molecule has 0 aliphatic rings. The lowest BCUT2D eigenvalue weighted by atomic mass is 10.1. The summed E-state index contributed by atoms with van der Waals surface area (Å²) in [5.74, 6) is -0.276. The highest BCUT2D eigenvalue weighted by molar-refractivity contribution is 6.06. The third-order valence-electron chi connectivity index (χ3n) is 3.51. The fourth-order valence-corrected chi connectivity index (χ4v) is 2.44. The number of hydrogen-bond acceptors (Lipinski definition) is 6. The summed E-state index contributed by atoms with van der Waals surface area (Å²) in [4.78, 5) is 26.9. The normalized spacial score (nSPS) is 10.8. The van der Waals surface area contributed by atoms with Gasteiger partial charge in [0.05, 0.1) is 18.4 Å². The number of fused-ring (bicyclic) bond motifs is 1. The predicted molar refractivity (Wildman–Crippen MR) is 89.2 cm³/mol. The fourth-order valence-electron chi connectivity index (χ4n) is 2.44. The molecule has 2 heterocycles. The van der Waals surface area contributed by atoms with Gasteiger partial charge in [-0.3, -0.25) is 4.79 Å². The third-order valence-corrected chi connectivity index (χ3v) is 3.51. The van der Waals surface area contributed by atoms with Gasteiger partial charge >= 0.3 is 5.97 Å². The Labute approximate surface area is 143 Å². The SMILES string of the molecule is COC(=O)c1cc(NC(=O)COCc2cc(C)no2)cc2[nH]ccc12. The van der Waals surface area contributed by atoms with Crippen molar-refractivity contribution >= 4 is 28.5 Å². The van der Waals surface area contributed by atoms with Gasteiger partial charge in [0, 0.05) is 28.9 Å². The van der Waals surface area contributed by atoms with Crippen LogP contribution in [0.3, 0.4) is 0 Å². The van der Waals surface area contributed by atoms with Crippen LogP contribution in [0, 0.1) is 6.92 Å². The number of nitrogens with zero attached hydrogens (tertiary/aromatic N) is 1. The first-order chi connectivity index (χ1) is 12.1. The molecule has 0 aliphatic carbocycles. The van der Waals surface area contributed by atoms with Gasteiger partial charge in [-0.1, -0.05) is 5.16 Å². The number of aryl methyl sites for hydroxylation is 1. The van der Waals surface area contributed by atoms with Crippen LogP contribution in [0.5, 0.6) is 0 Å². The number of amides is 1. The number of hydrogen-bond donors (Lipinski definition) is 2. The van der Waals surface area contributed by atoms with Crippen LogP contribution < -0.4 is 5.32 Å². The zero-order valence-electron chi connectivity index (χ0n) is 13.8. The molecule has 1 aromatic carbocycles. The van der Waals surface area contributed by atoms with Crippen LogP contribution in [-0.4, -0.2) is 35.7 Å². The number of nitrogens with one attached hydrogen (secondary N) is 2. The van der Waals surface area contributed by atoms with Crippen molar-refractivity contribution < 1.29 is 23.6 Å². The summed E-state index contributed by atoms with van der Waals surface area (Å²) >= 11 is 0. The largest absolute Gasteiger partial charge is 0.465 e. The van der Waals surface area contributed by atoms with E-state index in [9.17, 15) is 9.59 Å². The second kappa shape index (κ2) is 7.18. The number of methoxy groups -OCH3 is 1. The Morgan fingerprint density at radius 3 is 2.88 bits per heavy atom. The first-order valence-corrected chi connectivity index (χ1v) is 7.56. The zero-order valence-corrected chi connectivity index (χ0v) is 13.8. The molecule has 0 aliphatic heterocycles. The summed E-state index contributed by atoms with van der Waals surface area (Å²) in [6.45, 7) is 1.79. The topological polar surface area (TPSA) is 106 Å². The standard InChI is InChI=1S/C17H17N3O5/c1-10-5-12(25-20-10)8-24-9-16(21)19-11-6-14(17(22)23-2)13-3-4-18-15(13)7-11/h3-7,18H,8-9H2,1-2H3,(H,19,21). The van der Waals surface area contributed by atoms with E-state index in [0.29, 0.717) is 17.0 Å². The lowest BCUT2D eigenvalue weighted by Crippen LogP contribution is -2.18. The Morgan fingerprint density at radius 1 is 1.32 bits per heavy atom. The minimum atomic E-state index is -0.474. The highest BCUT2D eigenvalue weighted by atomic mass is 16.5. The molecule has 2 N–H and O–H groups in total. The van der Waals surface area contributed by atoms with Crippen molar-refractivity contribution in [3.8, 4) is 0 Å².